The molecule has 1 N–H and O–H groups in total. The number of benzene rings is 2. The molecule has 124 valence electrons. The predicted molar refractivity (Wildman–Crippen MR) is 95.0 cm³/mol. The largest absolute Gasteiger partial charge is 0.386 e. The summed E-state index contributed by atoms with van der Waals surface area (Å²) in [5.74, 6) is -0.140. The van der Waals surface area contributed by atoms with E-state index in [1.54, 1.807) is 6.21 Å². The second-order valence-corrected chi connectivity index (χ2v) is 6.08. The Labute approximate surface area is 142 Å². The molecule has 0 heterocycles. The smallest absolute Gasteiger partial charge is 0.261 e. The summed E-state index contributed by atoms with van der Waals surface area (Å²) in [5.41, 5.74) is 4.65. The summed E-state index contributed by atoms with van der Waals surface area (Å²) in [6.45, 7) is 1.94. The summed E-state index contributed by atoms with van der Waals surface area (Å²) >= 11 is 0. The van der Waals surface area contributed by atoms with Crippen LogP contribution in [0.25, 0.3) is 0 Å². The van der Waals surface area contributed by atoms with Crippen molar-refractivity contribution < 1.29 is 9.63 Å². The summed E-state index contributed by atoms with van der Waals surface area (Å²) in [7, 11) is 0. The Morgan fingerprint density at radius 3 is 2.92 bits per heavy atom. The minimum atomic E-state index is -0.140. The third-order valence-electron chi connectivity index (χ3n) is 4.36. The molecule has 0 saturated heterocycles. The van der Waals surface area contributed by atoms with Gasteiger partial charge in [0.25, 0.3) is 5.91 Å². The molecule has 0 fully saturated rings. The summed E-state index contributed by atoms with van der Waals surface area (Å²) < 4.78 is 0. The lowest BCUT2D eigenvalue weighted by Gasteiger charge is -2.26. The molecule has 0 radical (unpaired) electrons. The molecule has 1 aliphatic rings. The second kappa shape index (κ2) is 7.77. The number of hydrogen-bond acceptors (Lipinski definition) is 3. The van der Waals surface area contributed by atoms with E-state index in [0.29, 0.717) is 0 Å². The molecule has 4 heteroatoms. The van der Waals surface area contributed by atoms with E-state index in [2.05, 4.69) is 22.6 Å². The quantitative estimate of drug-likeness (QED) is 0.676. The van der Waals surface area contributed by atoms with Gasteiger partial charge in [-0.1, -0.05) is 53.7 Å². The Hall–Kier alpha value is -2.62. The average Bonchev–Trinajstić information content (AvgIpc) is 2.60. The minimum absolute atomic E-state index is 0.0684. The highest BCUT2D eigenvalue weighted by Crippen LogP contribution is 2.29. The number of amides is 1. The van der Waals surface area contributed by atoms with Crippen molar-refractivity contribution in [1.29, 1.82) is 0 Å². The van der Waals surface area contributed by atoms with Gasteiger partial charge in [0.15, 0.2) is 6.61 Å². The highest BCUT2D eigenvalue weighted by molar-refractivity contribution is 5.81. The van der Waals surface area contributed by atoms with Crippen molar-refractivity contribution in [2.45, 2.75) is 32.2 Å². The lowest BCUT2D eigenvalue weighted by molar-refractivity contribution is -0.126. The third kappa shape index (κ3) is 4.02. The van der Waals surface area contributed by atoms with Crippen LogP contribution >= 0.6 is 0 Å². The number of nitrogens with zero attached hydrogens (tertiary/aromatic N) is 1. The fourth-order valence-electron chi connectivity index (χ4n) is 3.06. The van der Waals surface area contributed by atoms with Crippen molar-refractivity contribution >= 4 is 12.1 Å². The van der Waals surface area contributed by atoms with Gasteiger partial charge in [0.2, 0.25) is 0 Å². The Kier molecular flexibility index (Phi) is 5.26. The van der Waals surface area contributed by atoms with Gasteiger partial charge in [-0.05, 0) is 48.4 Å². The van der Waals surface area contributed by atoms with E-state index in [9.17, 15) is 4.79 Å². The summed E-state index contributed by atoms with van der Waals surface area (Å²) in [5, 5.41) is 6.94. The van der Waals surface area contributed by atoms with Gasteiger partial charge in [-0.25, -0.2) is 0 Å². The van der Waals surface area contributed by atoms with E-state index in [0.717, 1.165) is 30.4 Å². The lowest BCUT2D eigenvalue weighted by atomic mass is 9.88. The first-order valence-corrected chi connectivity index (χ1v) is 8.32. The molecular formula is C20H22N2O2. The third-order valence-corrected chi connectivity index (χ3v) is 4.36. The molecule has 0 spiro atoms. The maximum Gasteiger partial charge on any atom is 0.261 e. The Balaban J connectivity index is 1.51. The van der Waals surface area contributed by atoms with Crippen molar-refractivity contribution in [2.75, 3.05) is 6.61 Å². The maximum atomic E-state index is 12.1. The number of carbonyl (C=O) groups excluding carboxylic acids is 1. The molecule has 2 aromatic carbocycles. The molecule has 1 amide bonds. The van der Waals surface area contributed by atoms with Crippen molar-refractivity contribution in [3.63, 3.8) is 0 Å². The molecule has 0 aliphatic heterocycles. The van der Waals surface area contributed by atoms with E-state index in [-0.39, 0.29) is 18.6 Å². The molecule has 24 heavy (non-hydrogen) atoms. The SMILES string of the molecule is Cc1ccccc1/C=N\OCC(=O)N[C@@H]1CCCc2ccccc21. The topological polar surface area (TPSA) is 50.7 Å². The summed E-state index contributed by atoms with van der Waals surface area (Å²) in [6, 6.07) is 16.3. The Morgan fingerprint density at radius 1 is 1.25 bits per heavy atom. The van der Waals surface area contributed by atoms with Crippen LogP contribution in [0.4, 0.5) is 0 Å². The molecule has 1 aliphatic carbocycles. The fraction of sp³-hybridized carbons (Fsp3) is 0.300. The van der Waals surface area contributed by atoms with Gasteiger partial charge in [-0.3, -0.25) is 4.79 Å². The second-order valence-electron chi connectivity index (χ2n) is 6.08. The highest BCUT2D eigenvalue weighted by atomic mass is 16.6. The zero-order chi connectivity index (χ0) is 16.8. The van der Waals surface area contributed by atoms with Crippen LogP contribution in [-0.2, 0) is 16.1 Å². The normalized spacial score (nSPS) is 16.6. The van der Waals surface area contributed by atoms with E-state index in [1.165, 1.54) is 11.1 Å². The Bertz CT molecular complexity index is 740. The zero-order valence-electron chi connectivity index (χ0n) is 13.9. The molecule has 3 rings (SSSR count). The summed E-state index contributed by atoms with van der Waals surface area (Å²) in [4.78, 5) is 17.2. The van der Waals surface area contributed by atoms with Crippen molar-refractivity contribution in [1.82, 2.24) is 5.32 Å². The van der Waals surface area contributed by atoms with Crippen molar-refractivity contribution in [3.8, 4) is 0 Å². The van der Waals surface area contributed by atoms with Crippen LogP contribution in [-0.4, -0.2) is 18.7 Å². The van der Waals surface area contributed by atoms with Crippen LogP contribution in [0.2, 0.25) is 0 Å². The van der Waals surface area contributed by atoms with Crippen molar-refractivity contribution in [2.24, 2.45) is 5.16 Å². The van der Waals surface area contributed by atoms with Crippen LogP contribution in [0.3, 0.4) is 0 Å². The summed E-state index contributed by atoms with van der Waals surface area (Å²) in [6.07, 6.45) is 4.78. The highest BCUT2D eigenvalue weighted by Gasteiger charge is 2.21. The van der Waals surface area contributed by atoms with Gasteiger partial charge in [-0.2, -0.15) is 0 Å². The van der Waals surface area contributed by atoms with Crippen LogP contribution in [0.5, 0.6) is 0 Å². The number of nitrogens with one attached hydrogen (secondary N) is 1. The van der Waals surface area contributed by atoms with Crippen LogP contribution < -0.4 is 5.32 Å². The van der Waals surface area contributed by atoms with Gasteiger partial charge in [0, 0.05) is 0 Å². The molecule has 1 atom stereocenters. The monoisotopic (exact) mass is 322 g/mol. The zero-order valence-corrected chi connectivity index (χ0v) is 13.9. The Morgan fingerprint density at radius 2 is 2.04 bits per heavy atom. The molecule has 0 unspecified atom stereocenters. The van der Waals surface area contributed by atoms with Gasteiger partial charge in [0.1, 0.15) is 0 Å². The molecule has 4 nitrogen and oxygen atoms in total. The first-order chi connectivity index (χ1) is 11.7. The van der Waals surface area contributed by atoms with E-state index in [1.807, 2.05) is 43.3 Å². The van der Waals surface area contributed by atoms with Crippen LogP contribution in [0.15, 0.2) is 53.7 Å². The average molecular weight is 322 g/mol. The molecule has 0 bridgehead atoms. The lowest BCUT2D eigenvalue weighted by Crippen LogP contribution is -2.33. The number of fused-ring (bicyclic) bond motifs is 1. The van der Waals surface area contributed by atoms with Crippen molar-refractivity contribution in [3.05, 3.63) is 70.8 Å². The predicted octanol–water partition coefficient (Wildman–Crippen LogP) is 3.54. The standard InChI is InChI=1S/C20H22N2O2/c1-15-7-2-3-9-17(15)13-21-24-14-20(23)22-19-12-6-10-16-8-4-5-11-18(16)19/h2-5,7-9,11,13,19H,6,10,12,14H2,1H3,(H,22,23)/b21-13-/t19-/m1/s1. The number of oxime groups is 1. The van der Waals surface area contributed by atoms with Gasteiger partial charge in [-0.15, -0.1) is 0 Å². The van der Waals surface area contributed by atoms with E-state index >= 15 is 0 Å². The van der Waals surface area contributed by atoms with Gasteiger partial charge in [0.05, 0.1) is 12.3 Å². The number of aryl methyl sites for hydroxylation is 2. The van der Waals surface area contributed by atoms with Crippen LogP contribution in [0, 0.1) is 6.92 Å². The first kappa shape index (κ1) is 16.2. The molecule has 0 saturated carbocycles. The number of rotatable bonds is 5. The first-order valence-electron chi connectivity index (χ1n) is 8.32. The molecule has 2 aromatic rings. The molecule has 0 aromatic heterocycles. The number of carbonyl (C=O) groups is 1. The molecular weight excluding hydrogens is 300 g/mol. The van der Waals surface area contributed by atoms with Gasteiger partial charge < -0.3 is 10.2 Å². The van der Waals surface area contributed by atoms with Crippen LogP contribution in [0.1, 0.15) is 41.1 Å². The van der Waals surface area contributed by atoms with E-state index < -0.39 is 0 Å². The number of hydrogen-bond donors (Lipinski definition) is 1. The maximum absolute atomic E-state index is 12.1. The fourth-order valence-corrected chi connectivity index (χ4v) is 3.06. The minimum Gasteiger partial charge on any atom is -0.386 e. The van der Waals surface area contributed by atoms with E-state index in [4.69, 9.17) is 4.84 Å². The van der Waals surface area contributed by atoms with Gasteiger partial charge >= 0.3 is 0 Å².